The van der Waals surface area contributed by atoms with Gasteiger partial charge in [0, 0.05) is 18.1 Å². The Kier molecular flexibility index (Phi) is 4.93. The van der Waals surface area contributed by atoms with Crippen LogP contribution in [-0.4, -0.2) is 17.1 Å². The first-order valence-corrected chi connectivity index (χ1v) is 7.06. The molecule has 2 aromatic carbocycles. The van der Waals surface area contributed by atoms with Crippen LogP contribution in [-0.2, 0) is 6.42 Å². The SMILES string of the molecule is COc1cc(CC(O)c2ccccc2)c([N+](=O)[O-])cc1Br. The van der Waals surface area contributed by atoms with Crippen molar-refractivity contribution in [3.63, 3.8) is 0 Å². The van der Waals surface area contributed by atoms with Crippen molar-refractivity contribution >= 4 is 21.6 Å². The summed E-state index contributed by atoms with van der Waals surface area (Å²) in [5, 5.41) is 21.4. The molecule has 0 amide bonds. The highest BCUT2D eigenvalue weighted by Crippen LogP contribution is 2.34. The molecule has 0 heterocycles. The number of methoxy groups -OCH3 is 1. The summed E-state index contributed by atoms with van der Waals surface area (Å²) in [5.74, 6) is 0.496. The Morgan fingerprint density at radius 1 is 1.33 bits per heavy atom. The van der Waals surface area contributed by atoms with E-state index < -0.39 is 11.0 Å². The van der Waals surface area contributed by atoms with Gasteiger partial charge in [-0.1, -0.05) is 30.3 Å². The van der Waals surface area contributed by atoms with Crippen molar-refractivity contribution in [3.8, 4) is 5.75 Å². The van der Waals surface area contributed by atoms with Crippen LogP contribution in [0.5, 0.6) is 5.75 Å². The van der Waals surface area contributed by atoms with E-state index in [1.807, 2.05) is 18.2 Å². The second kappa shape index (κ2) is 6.69. The zero-order valence-corrected chi connectivity index (χ0v) is 12.9. The van der Waals surface area contributed by atoms with E-state index in [0.29, 0.717) is 21.3 Å². The number of hydrogen-bond donors (Lipinski definition) is 1. The van der Waals surface area contributed by atoms with Gasteiger partial charge in [0.2, 0.25) is 0 Å². The number of nitrogens with zero attached hydrogens (tertiary/aromatic N) is 1. The minimum Gasteiger partial charge on any atom is -0.496 e. The molecule has 2 rings (SSSR count). The number of hydrogen-bond acceptors (Lipinski definition) is 4. The van der Waals surface area contributed by atoms with Crippen molar-refractivity contribution < 1.29 is 14.8 Å². The van der Waals surface area contributed by atoms with Crippen LogP contribution < -0.4 is 4.74 Å². The zero-order chi connectivity index (χ0) is 15.4. The maximum atomic E-state index is 11.2. The topological polar surface area (TPSA) is 72.6 Å². The van der Waals surface area contributed by atoms with Gasteiger partial charge in [-0.05, 0) is 27.6 Å². The van der Waals surface area contributed by atoms with Gasteiger partial charge < -0.3 is 9.84 Å². The van der Waals surface area contributed by atoms with E-state index in [4.69, 9.17) is 4.74 Å². The number of nitro benzene ring substituents is 1. The molecular formula is C15H14BrNO4. The van der Waals surface area contributed by atoms with Gasteiger partial charge in [-0.3, -0.25) is 10.1 Å². The summed E-state index contributed by atoms with van der Waals surface area (Å²) in [7, 11) is 1.49. The van der Waals surface area contributed by atoms with Crippen molar-refractivity contribution in [1.29, 1.82) is 0 Å². The average molecular weight is 352 g/mol. The van der Waals surface area contributed by atoms with E-state index in [1.54, 1.807) is 18.2 Å². The van der Waals surface area contributed by atoms with Crippen LogP contribution in [0.1, 0.15) is 17.2 Å². The standard InChI is InChI=1S/C15H14BrNO4/c1-21-15-8-11(13(17(19)20)9-12(15)16)7-14(18)10-5-3-2-4-6-10/h2-6,8-9,14,18H,7H2,1H3. The van der Waals surface area contributed by atoms with E-state index in [2.05, 4.69) is 15.9 Å². The Bertz CT molecular complexity index is 646. The molecule has 110 valence electrons. The fourth-order valence-electron chi connectivity index (χ4n) is 2.08. The lowest BCUT2D eigenvalue weighted by Crippen LogP contribution is -2.05. The highest BCUT2D eigenvalue weighted by atomic mass is 79.9. The highest BCUT2D eigenvalue weighted by Gasteiger charge is 2.20. The van der Waals surface area contributed by atoms with Gasteiger partial charge in [-0.15, -0.1) is 0 Å². The molecule has 0 saturated heterocycles. The fourth-order valence-corrected chi connectivity index (χ4v) is 2.57. The van der Waals surface area contributed by atoms with Gasteiger partial charge in [0.15, 0.2) is 0 Å². The molecule has 0 bridgehead atoms. The molecule has 0 aliphatic heterocycles. The number of nitro groups is 1. The number of benzene rings is 2. The molecule has 0 fully saturated rings. The van der Waals surface area contributed by atoms with Crippen molar-refractivity contribution in [2.24, 2.45) is 0 Å². The maximum Gasteiger partial charge on any atom is 0.274 e. The van der Waals surface area contributed by atoms with Gasteiger partial charge in [-0.25, -0.2) is 0 Å². The molecule has 0 aliphatic rings. The van der Waals surface area contributed by atoms with Crippen molar-refractivity contribution in [2.45, 2.75) is 12.5 Å². The van der Waals surface area contributed by atoms with Crippen LogP contribution in [0.15, 0.2) is 46.9 Å². The van der Waals surface area contributed by atoms with Crippen LogP contribution in [0, 0.1) is 10.1 Å². The van der Waals surface area contributed by atoms with Crippen molar-refractivity contribution in [1.82, 2.24) is 0 Å². The maximum absolute atomic E-state index is 11.2. The highest BCUT2D eigenvalue weighted by molar-refractivity contribution is 9.10. The Labute approximate surface area is 130 Å². The smallest absolute Gasteiger partial charge is 0.274 e. The molecule has 1 unspecified atom stereocenters. The summed E-state index contributed by atoms with van der Waals surface area (Å²) in [6, 6.07) is 12.0. The van der Waals surface area contributed by atoms with Crippen LogP contribution in [0.2, 0.25) is 0 Å². The minimum atomic E-state index is -0.809. The number of halogens is 1. The third-order valence-corrected chi connectivity index (χ3v) is 3.77. The normalized spacial score (nSPS) is 12.0. The molecule has 1 N–H and O–H groups in total. The summed E-state index contributed by atoms with van der Waals surface area (Å²) in [4.78, 5) is 10.7. The second-order valence-corrected chi connectivity index (χ2v) is 5.36. The predicted octanol–water partition coefficient (Wildman–Crippen LogP) is 3.64. The Hall–Kier alpha value is -1.92. The van der Waals surface area contributed by atoms with Crippen LogP contribution in [0.25, 0.3) is 0 Å². The number of ether oxygens (including phenoxy) is 1. The molecule has 6 heteroatoms. The lowest BCUT2D eigenvalue weighted by molar-refractivity contribution is -0.385. The Morgan fingerprint density at radius 2 is 2.00 bits per heavy atom. The van der Waals surface area contributed by atoms with E-state index in [0.717, 1.165) is 0 Å². The number of aliphatic hydroxyl groups is 1. The molecular weight excluding hydrogens is 338 g/mol. The molecule has 1 atom stereocenters. The van der Waals surface area contributed by atoms with Gasteiger partial charge >= 0.3 is 0 Å². The summed E-state index contributed by atoms with van der Waals surface area (Å²) in [6.45, 7) is 0. The molecule has 0 radical (unpaired) electrons. The molecule has 5 nitrogen and oxygen atoms in total. The van der Waals surface area contributed by atoms with Gasteiger partial charge in [0.1, 0.15) is 5.75 Å². The van der Waals surface area contributed by atoms with Gasteiger partial charge in [0.25, 0.3) is 5.69 Å². The minimum absolute atomic E-state index is 0.0438. The molecule has 2 aromatic rings. The monoisotopic (exact) mass is 351 g/mol. The van der Waals surface area contributed by atoms with Gasteiger partial charge in [0.05, 0.1) is 22.6 Å². The lowest BCUT2D eigenvalue weighted by atomic mass is 10.00. The fraction of sp³-hybridized carbons (Fsp3) is 0.200. The van der Waals surface area contributed by atoms with Gasteiger partial charge in [-0.2, -0.15) is 0 Å². The first-order chi connectivity index (χ1) is 10.0. The summed E-state index contributed by atoms with van der Waals surface area (Å²) in [5.41, 5.74) is 1.10. The van der Waals surface area contributed by atoms with E-state index in [1.165, 1.54) is 13.2 Å². The summed E-state index contributed by atoms with van der Waals surface area (Å²) < 4.78 is 5.67. The van der Waals surface area contributed by atoms with Crippen LogP contribution >= 0.6 is 15.9 Å². The average Bonchev–Trinajstić information content (AvgIpc) is 2.49. The third-order valence-electron chi connectivity index (χ3n) is 3.15. The first kappa shape index (κ1) is 15.5. The Balaban J connectivity index is 2.36. The molecule has 0 saturated carbocycles. The van der Waals surface area contributed by atoms with E-state index in [9.17, 15) is 15.2 Å². The lowest BCUT2D eigenvalue weighted by Gasteiger charge is -2.13. The molecule has 21 heavy (non-hydrogen) atoms. The largest absolute Gasteiger partial charge is 0.496 e. The molecule has 0 aromatic heterocycles. The predicted molar refractivity (Wildman–Crippen MR) is 82.5 cm³/mol. The molecule has 0 spiro atoms. The van der Waals surface area contributed by atoms with Crippen LogP contribution in [0.3, 0.4) is 0 Å². The second-order valence-electron chi connectivity index (χ2n) is 4.50. The Morgan fingerprint density at radius 3 is 2.57 bits per heavy atom. The van der Waals surface area contributed by atoms with Crippen molar-refractivity contribution in [2.75, 3.05) is 7.11 Å². The van der Waals surface area contributed by atoms with Crippen molar-refractivity contribution in [3.05, 3.63) is 68.2 Å². The summed E-state index contributed by atoms with van der Waals surface area (Å²) >= 11 is 3.23. The third kappa shape index (κ3) is 3.59. The number of rotatable bonds is 5. The summed E-state index contributed by atoms with van der Waals surface area (Å²) in [6.07, 6.45) is -0.667. The zero-order valence-electron chi connectivity index (χ0n) is 11.3. The quantitative estimate of drug-likeness (QED) is 0.659. The van der Waals surface area contributed by atoms with E-state index >= 15 is 0 Å². The van der Waals surface area contributed by atoms with Crippen LogP contribution in [0.4, 0.5) is 5.69 Å². The van der Waals surface area contributed by atoms with E-state index in [-0.39, 0.29) is 12.1 Å². The molecule has 0 aliphatic carbocycles. The number of aliphatic hydroxyl groups excluding tert-OH is 1. The first-order valence-electron chi connectivity index (χ1n) is 6.26.